The van der Waals surface area contributed by atoms with E-state index in [1.165, 1.54) is 0 Å². The summed E-state index contributed by atoms with van der Waals surface area (Å²) in [5.41, 5.74) is 1.79. The number of aromatic nitrogens is 1. The van der Waals surface area contributed by atoms with Crippen LogP contribution in [0.1, 0.15) is 36.2 Å². The maximum absolute atomic E-state index is 12.6. The monoisotopic (exact) mass is 248 g/mol. The van der Waals surface area contributed by atoms with Crippen molar-refractivity contribution >= 4 is 5.91 Å². The molecule has 0 N–H and O–H groups in total. The summed E-state index contributed by atoms with van der Waals surface area (Å²) in [4.78, 5) is 18.6. The zero-order valence-corrected chi connectivity index (χ0v) is 11.1. The third-order valence-corrected chi connectivity index (χ3v) is 3.46. The Hall–Kier alpha value is -1.42. The van der Waals surface area contributed by atoms with Crippen LogP contribution in [-0.4, -0.2) is 41.6 Å². The van der Waals surface area contributed by atoms with Crippen molar-refractivity contribution in [3.8, 4) is 0 Å². The second-order valence-electron chi connectivity index (χ2n) is 4.63. The van der Waals surface area contributed by atoms with Gasteiger partial charge in [-0.1, -0.05) is 6.92 Å². The van der Waals surface area contributed by atoms with Gasteiger partial charge in [0.1, 0.15) is 0 Å². The zero-order valence-electron chi connectivity index (χ0n) is 11.1. The highest BCUT2D eigenvalue weighted by Gasteiger charge is 2.24. The Labute approximate surface area is 108 Å². The number of pyridine rings is 1. The normalized spacial score (nSPS) is 20.6. The van der Waals surface area contributed by atoms with Gasteiger partial charge in [-0.15, -0.1) is 0 Å². The second-order valence-corrected chi connectivity index (χ2v) is 4.63. The highest BCUT2D eigenvalue weighted by atomic mass is 16.5. The Kier molecular flexibility index (Phi) is 4.31. The first kappa shape index (κ1) is 13.0. The van der Waals surface area contributed by atoms with Crippen LogP contribution in [0.4, 0.5) is 0 Å². The molecule has 98 valence electrons. The van der Waals surface area contributed by atoms with Gasteiger partial charge in [-0.25, -0.2) is 0 Å². The maximum atomic E-state index is 12.6. The van der Waals surface area contributed by atoms with Gasteiger partial charge in [-0.3, -0.25) is 9.78 Å². The fourth-order valence-corrected chi connectivity index (χ4v) is 2.27. The molecule has 0 aliphatic carbocycles. The Morgan fingerprint density at radius 2 is 2.39 bits per heavy atom. The minimum atomic E-state index is 0.104. The molecule has 1 aliphatic rings. The van der Waals surface area contributed by atoms with Crippen molar-refractivity contribution in [3.63, 3.8) is 0 Å². The van der Waals surface area contributed by atoms with Crippen LogP contribution < -0.4 is 0 Å². The molecule has 2 heterocycles. The summed E-state index contributed by atoms with van der Waals surface area (Å²) >= 11 is 0. The SMILES string of the molecule is CCc1cnccc1C(=O)N1CCOCCC1C. The van der Waals surface area contributed by atoms with Crippen LogP contribution in [0.15, 0.2) is 18.5 Å². The number of carbonyl (C=O) groups is 1. The van der Waals surface area contributed by atoms with Gasteiger partial charge in [0.25, 0.3) is 5.91 Å². The van der Waals surface area contributed by atoms with E-state index in [9.17, 15) is 4.79 Å². The third-order valence-electron chi connectivity index (χ3n) is 3.46. The average molecular weight is 248 g/mol. The van der Waals surface area contributed by atoms with Crippen LogP contribution in [0.3, 0.4) is 0 Å². The van der Waals surface area contributed by atoms with Crippen molar-refractivity contribution in [3.05, 3.63) is 29.6 Å². The van der Waals surface area contributed by atoms with Crippen molar-refractivity contribution in [2.45, 2.75) is 32.7 Å². The standard InChI is InChI=1S/C14H20N2O2/c1-3-12-10-15-6-4-13(12)14(17)16-7-9-18-8-5-11(16)2/h4,6,10-11H,3,5,7-9H2,1-2H3. The fourth-order valence-electron chi connectivity index (χ4n) is 2.27. The van der Waals surface area contributed by atoms with Gasteiger partial charge in [-0.05, 0) is 31.4 Å². The molecule has 2 rings (SSSR count). The lowest BCUT2D eigenvalue weighted by molar-refractivity contribution is 0.0686. The molecule has 18 heavy (non-hydrogen) atoms. The van der Waals surface area contributed by atoms with E-state index in [0.717, 1.165) is 30.6 Å². The summed E-state index contributed by atoms with van der Waals surface area (Å²) in [6, 6.07) is 2.05. The lowest BCUT2D eigenvalue weighted by Crippen LogP contribution is -2.39. The molecule has 1 aromatic rings. The molecule has 1 atom stereocenters. The molecule has 1 aliphatic heterocycles. The summed E-state index contributed by atoms with van der Waals surface area (Å²) in [6.45, 7) is 6.16. The predicted octanol–water partition coefficient (Wildman–Crippen LogP) is 1.89. The molecule has 0 aromatic carbocycles. The van der Waals surface area contributed by atoms with E-state index in [1.54, 1.807) is 12.4 Å². The first-order valence-electron chi connectivity index (χ1n) is 6.55. The van der Waals surface area contributed by atoms with Crippen molar-refractivity contribution in [2.24, 2.45) is 0 Å². The number of amides is 1. The molecule has 0 spiro atoms. The van der Waals surface area contributed by atoms with E-state index >= 15 is 0 Å². The van der Waals surface area contributed by atoms with Gasteiger partial charge in [0, 0.05) is 37.2 Å². The summed E-state index contributed by atoms with van der Waals surface area (Å²) in [7, 11) is 0. The van der Waals surface area contributed by atoms with E-state index in [1.807, 2.05) is 17.9 Å². The molecule has 1 saturated heterocycles. The van der Waals surface area contributed by atoms with E-state index in [2.05, 4.69) is 11.9 Å². The molecule has 4 nitrogen and oxygen atoms in total. The topological polar surface area (TPSA) is 42.4 Å². The first-order chi connectivity index (χ1) is 8.74. The number of nitrogens with zero attached hydrogens (tertiary/aromatic N) is 2. The Morgan fingerprint density at radius 1 is 1.56 bits per heavy atom. The zero-order chi connectivity index (χ0) is 13.0. The molecule has 0 bridgehead atoms. The van der Waals surface area contributed by atoms with Crippen LogP contribution in [0.5, 0.6) is 0 Å². The first-order valence-corrected chi connectivity index (χ1v) is 6.55. The van der Waals surface area contributed by atoms with Gasteiger partial charge in [-0.2, -0.15) is 0 Å². The van der Waals surface area contributed by atoms with Gasteiger partial charge in [0.2, 0.25) is 0 Å². The van der Waals surface area contributed by atoms with E-state index in [-0.39, 0.29) is 11.9 Å². The summed E-state index contributed by atoms with van der Waals surface area (Å²) in [6.07, 6.45) is 5.20. The average Bonchev–Trinajstić information content (AvgIpc) is 2.62. The third kappa shape index (κ3) is 2.70. The van der Waals surface area contributed by atoms with E-state index < -0.39 is 0 Å². The number of aryl methyl sites for hydroxylation is 1. The van der Waals surface area contributed by atoms with Gasteiger partial charge in [0.15, 0.2) is 0 Å². The lowest BCUT2D eigenvalue weighted by Gasteiger charge is -2.27. The minimum absolute atomic E-state index is 0.104. The van der Waals surface area contributed by atoms with Crippen molar-refractivity contribution in [2.75, 3.05) is 19.8 Å². The van der Waals surface area contributed by atoms with Crippen LogP contribution in [0.25, 0.3) is 0 Å². The molecule has 0 saturated carbocycles. The molecule has 0 radical (unpaired) electrons. The molecule has 1 aromatic heterocycles. The predicted molar refractivity (Wildman–Crippen MR) is 69.5 cm³/mol. The molecule has 4 heteroatoms. The van der Waals surface area contributed by atoms with Crippen LogP contribution in [-0.2, 0) is 11.2 Å². The highest BCUT2D eigenvalue weighted by Crippen LogP contribution is 2.16. The smallest absolute Gasteiger partial charge is 0.254 e. The number of hydrogen-bond donors (Lipinski definition) is 0. The highest BCUT2D eigenvalue weighted by molar-refractivity contribution is 5.95. The Morgan fingerprint density at radius 3 is 3.17 bits per heavy atom. The largest absolute Gasteiger partial charge is 0.380 e. The van der Waals surface area contributed by atoms with Crippen molar-refractivity contribution in [1.82, 2.24) is 9.88 Å². The molecule has 1 unspecified atom stereocenters. The van der Waals surface area contributed by atoms with Crippen molar-refractivity contribution < 1.29 is 9.53 Å². The lowest BCUT2D eigenvalue weighted by atomic mass is 10.1. The Balaban J connectivity index is 2.23. The van der Waals surface area contributed by atoms with Gasteiger partial charge in [0.05, 0.1) is 6.61 Å². The van der Waals surface area contributed by atoms with Crippen molar-refractivity contribution in [1.29, 1.82) is 0 Å². The van der Waals surface area contributed by atoms with E-state index in [0.29, 0.717) is 13.2 Å². The molecule has 1 fully saturated rings. The van der Waals surface area contributed by atoms with Gasteiger partial charge >= 0.3 is 0 Å². The minimum Gasteiger partial charge on any atom is -0.380 e. The molecular weight excluding hydrogens is 228 g/mol. The van der Waals surface area contributed by atoms with Gasteiger partial charge < -0.3 is 9.64 Å². The Bertz CT molecular complexity index is 420. The van der Waals surface area contributed by atoms with E-state index in [4.69, 9.17) is 4.74 Å². The van der Waals surface area contributed by atoms with Crippen LogP contribution in [0.2, 0.25) is 0 Å². The number of hydrogen-bond acceptors (Lipinski definition) is 3. The number of carbonyl (C=O) groups excluding carboxylic acids is 1. The second kappa shape index (κ2) is 5.96. The fraction of sp³-hybridized carbons (Fsp3) is 0.571. The number of rotatable bonds is 2. The molecular formula is C14H20N2O2. The number of ether oxygens (including phenoxy) is 1. The maximum Gasteiger partial charge on any atom is 0.254 e. The summed E-state index contributed by atoms with van der Waals surface area (Å²) in [5.74, 6) is 0.104. The summed E-state index contributed by atoms with van der Waals surface area (Å²) < 4.78 is 5.43. The van der Waals surface area contributed by atoms with Crippen LogP contribution in [0, 0.1) is 0 Å². The quantitative estimate of drug-likeness (QED) is 0.802. The van der Waals surface area contributed by atoms with Crippen LogP contribution >= 0.6 is 0 Å². The molecule has 1 amide bonds. The summed E-state index contributed by atoms with van der Waals surface area (Å²) in [5, 5.41) is 0.